The second kappa shape index (κ2) is 6.36. The van der Waals surface area contributed by atoms with Crippen LogP contribution in [0.4, 0.5) is 0 Å². The number of aliphatic carboxylic acids is 1. The van der Waals surface area contributed by atoms with Crippen molar-refractivity contribution in [3.63, 3.8) is 0 Å². The van der Waals surface area contributed by atoms with E-state index in [2.05, 4.69) is 21.2 Å². The fourth-order valence-corrected chi connectivity index (χ4v) is 3.43. The molecule has 1 fully saturated rings. The molecule has 1 amide bonds. The van der Waals surface area contributed by atoms with Gasteiger partial charge < -0.3 is 10.4 Å². The summed E-state index contributed by atoms with van der Waals surface area (Å²) in [5.74, 6) is -1.15. The van der Waals surface area contributed by atoms with Crippen molar-refractivity contribution >= 4 is 39.4 Å². The zero-order valence-corrected chi connectivity index (χ0v) is 14.0. The van der Waals surface area contributed by atoms with Gasteiger partial charge in [-0.25, -0.2) is 4.79 Å². The van der Waals surface area contributed by atoms with Crippen LogP contribution >= 0.6 is 27.5 Å². The number of rotatable bonds is 3. The van der Waals surface area contributed by atoms with E-state index < -0.39 is 17.4 Å². The van der Waals surface area contributed by atoms with Gasteiger partial charge in [0.15, 0.2) is 0 Å². The van der Waals surface area contributed by atoms with E-state index in [0.29, 0.717) is 17.9 Å². The smallest absolute Gasteiger partial charge is 0.329 e. The summed E-state index contributed by atoms with van der Waals surface area (Å²) < 4.78 is 0.721. The van der Waals surface area contributed by atoms with Gasteiger partial charge in [-0.15, -0.1) is 0 Å². The third-order valence-corrected chi connectivity index (χ3v) is 4.76. The third kappa shape index (κ3) is 3.58. The second-order valence-electron chi connectivity index (χ2n) is 5.67. The van der Waals surface area contributed by atoms with Gasteiger partial charge in [0.05, 0.1) is 10.6 Å². The van der Waals surface area contributed by atoms with Crippen molar-refractivity contribution in [3.05, 3.63) is 33.3 Å². The van der Waals surface area contributed by atoms with Gasteiger partial charge in [0, 0.05) is 4.47 Å². The highest BCUT2D eigenvalue weighted by Crippen LogP contribution is 2.33. The molecular formula is C15H17BrClNO3. The lowest BCUT2D eigenvalue weighted by molar-refractivity contribution is -0.146. The maximum Gasteiger partial charge on any atom is 0.329 e. The second-order valence-corrected chi connectivity index (χ2v) is 6.99. The summed E-state index contributed by atoms with van der Waals surface area (Å²) in [7, 11) is 0. The van der Waals surface area contributed by atoms with E-state index in [1.807, 2.05) is 6.92 Å². The van der Waals surface area contributed by atoms with Crippen molar-refractivity contribution in [2.75, 3.05) is 0 Å². The fourth-order valence-electron chi connectivity index (χ4n) is 2.87. The monoisotopic (exact) mass is 373 g/mol. The average molecular weight is 375 g/mol. The number of carbonyl (C=O) groups is 2. The highest BCUT2D eigenvalue weighted by molar-refractivity contribution is 9.10. The Bertz CT molecular complexity index is 578. The largest absolute Gasteiger partial charge is 0.480 e. The lowest BCUT2D eigenvalue weighted by Crippen LogP contribution is -2.56. The molecule has 1 aromatic rings. The highest BCUT2D eigenvalue weighted by Gasteiger charge is 2.43. The molecule has 1 aromatic carbocycles. The fraction of sp³-hybridized carbons (Fsp3) is 0.467. The predicted octanol–water partition coefficient (Wildman–Crippen LogP) is 3.87. The number of amides is 1. The molecule has 21 heavy (non-hydrogen) atoms. The van der Waals surface area contributed by atoms with Crippen LogP contribution in [0.2, 0.25) is 5.02 Å². The van der Waals surface area contributed by atoms with Crippen molar-refractivity contribution in [2.24, 2.45) is 5.92 Å². The minimum Gasteiger partial charge on any atom is -0.480 e. The maximum absolute atomic E-state index is 12.4. The Morgan fingerprint density at radius 3 is 2.81 bits per heavy atom. The Morgan fingerprint density at radius 1 is 1.48 bits per heavy atom. The Hall–Kier alpha value is -1.07. The average Bonchev–Trinajstić information content (AvgIpc) is 2.41. The lowest BCUT2D eigenvalue weighted by Gasteiger charge is -2.37. The van der Waals surface area contributed by atoms with Crippen LogP contribution in [-0.4, -0.2) is 22.5 Å². The molecule has 1 saturated carbocycles. The van der Waals surface area contributed by atoms with Crippen LogP contribution in [0.3, 0.4) is 0 Å². The molecule has 4 nitrogen and oxygen atoms in total. The van der Waals surface area contributed by atoms with E-state index in [1.54, 1.807) is 18.2 Å². The highest BCUT2D eigenvalue weighted by atomic mass is 79.9. The molecule has 0 aromatic heterocycles. The maximum atomic E-state index is 12.4. The molecule has 2 rings (SSSR count). The van der Waals surface area contributed by atoms with Gasteiger partial charge in [0.25, 0.3) is 5.91 Å². The van der Waals surface area contributed by atoms with E-state index in [1.165, 1.54) is 0 Å². The summed E-state index contributed by atoms with van der Waals surface area (Å²) in [5.41, 5.74) is -0.912. The predicted molar refractivity (Wildman–Crippen MR) is 84.6 cm³/mol. The molecule has 2 N–H and O–H groups in total. The van der Waals surface area contributed by atoms with Gasteiger partial charge in [-0.05, 0) is 37.0 Å². The molecular weight excluding hydrogens is 358 g/mol. The molecule has 6 heteroatoms. The first-order valence-corrected chi connectivity index (χ1v) is 8.02. The molecule has 0 spiro atoms. The molecule has 0 saturated heterocycles. The van der Waals surface area contributed by atoms with Gasteiger partial charge in [-0.2, -0.15) is 0 Å². The summed E-state index contributed by atoms with van der Waals surface area (Å²) >= 11 is 9.32. The third-order valence-electron chi connectivity index (χ3n) is 3.93. The number of carboxylic acid groups (broad SMARTS) is 1. The normalized spacial score (nSPS) is 25.4. The van der Waals surface area contributed by atoms with Gasteiger partial charge in [-0.3, -0.25) is 4.79 Å². The Labute approximate surface area is 137 Å². The van der Waals surface area contributed by atoms with E-state index in [9.17, 15) is 14.7 Å². The number of benzene rings is 1. The number of carbonyl (C=O) groups excluding carboxylic acids is 1. The molecule has 1 aliphatic rings. The summed E-state index contributed by atoms with van der Waals surface area (Å²) in [4.78, 5) is 24.1. The Balaban J connectivity index is 2.27. The molecule has 0 bridgehead atoms. The van der Waals surface area contributed by atoms with Gasteiger partial charge >= 0.3 is 5.97 Å². The SMILES string of the molecule is CC1CCCC(NC(=O)c2cc(Br)ccc2Cl)(C(=O)O)C1. The summed E-state index contributed by atoms with van der Waals surface area (Å²) in [5, 5.41) is 12.6. The van der Waals surface area contributed by atoms with Crippen LogP contribution in [0.15, 0.2) is 22.7 Å². The lowest BCUT2D eigenvalue weighted by atomic mass is 9.76. The molecule has 0 aliphatic heterocycles. The van der Waals surface area contributed by atoms with Crippen molar-refractivity contribution < 1.29 is 14.7 Å². The number of hydrogen-bond acceptors (Lipinski definition) is 2. The topological polar surface area (TPSA) is 66.4 Å². The van der Waals surface area contributed by atoms with Gasteiger partial charge in [0.1, 0.15) is 5.54 Å². The first-order chi connectivity index (χ1) is 9.84. The molecule has 0 heterocycles. The summed E-state index contributed by atoms with van der Waals surface area (Å²) in [6, 6.07) is 4.94. The minimum absolute atomic E-state index is 0.271. The van der Waals surface area contributed by atoms with Crippen LogP contribution in [0.1, 0.15) is 43.0 Å². The van der Waals surface area contributed by atoms with Crippen molar-refractivity contribution in [1.29, 1.82) is 0 Å². The van der Waals surface area contributed by atoms with Crippen LogP contribution < -0.4 is 5.32 Å². The number of hydrogen-bond donors (Lipinski definition) is 2. The first-order valence-electron chi connectivity index (χ1n) is 6.85. The summed E-state index contributed by atoms with van der Waals surface area (Å²) in [6.07, 6.45) is 2.67. The Morgan fingerprint density at radius 2 is 2.19 bits per heavy atom. The van der Waals surface area contributed by atoms with E-state index in [4.69, 9.17) is 11.6 Å². The zero-order chi connectivity index (χ0) is 15.6. The Kier molecular flexibility index (Phi) is 4.94. The van der Waals surface area contributed by atoms with E-state index in [0.717, 1.165) is 17.3 Å². The number of carboxylic acids is 1. The van der Waals surface area contributed by atoms with Crippen LogP contribution in [0, 0.1) is 5.92 Å². The van der Waals surface area contributed by atoms with E-state index >= 15 is 0 Å². The van der Waals surface area contributed by atoms with Crippen LogP contribution in [0.25, 0.3) is 0 Å². The minimum atomic E-state index is -1.19. The molecule has 114 valence electrons. The standard InChI is InChI=1S/C15H17BrClNO3/c1-9-3-2-6-15(8-9,14(20)21)18-13(19)11-7-10(16)4-5-12(11)17/h4-5,7,9H,2-3,6,8H2,1H3,(H,18,19)(H,20,21). The van der Waals surface area contributed by atoms with Crippen LogP contribution in [-0.2, 0) is 4.79 Å². The van der Waals surface area contributed by atoms with Gasteiger partial charge in [0.2, 0.25) is 0 Å². The molecule has 2 atom stereocenters. The van der Waals surface area contributed by atoms with Crippen molar-refractivity contribution in [1.82, 2.24) is 5.32 Å². The molecule has 0 radical (unpaired) electrons. The molecule has 1 aliphatic carbocycles. The quantitative estimate of drug-likeness (QED) is 0.844. The van der Waals surface area contributed by atoms with Crippen molar-refractivity contribution in [3.8, 4) is 0 Å². The number of halogens is 2. The first kappa shape index (κ1) is 16.3. The van der Waals surface area contributed by atoms with Crippen molar-refractivity contribution in [2.45, 2.75) is 38.1 Å². The summed E-state index contributed by atoms with van der Waals surface area (Å²) in [6.45, 7) is 2.01. The van der Waals surface area contributed by atoms with E-state index in [-0.39, 0.29) is 11.5 Å². The zero-order valence-electron chi connectivity index (χ0n) is 11.7. The molecule has 2 unspecified atom stereocenters. The number of nitrogens with one attached hydrogen (secondary N) is 1. The van der Waals surface area contributed by atoms with Gasteiger partial charge in [-0.1, -0.05) is 47.3 Å². The van der Waals surface area contributed by atoms with Crippen LogP contribution in [0.5, 0.6) is 0 Å².